The molecule has 0 bridgehead atoms. The number of benzene rings is 2. The number of fused-ring (bicyclic) bond motifs is 1. The number of carboxylic acids is 1. The Bertz CT molecular complexity index is 1210. The first kappa shape index (κ1) is 23.4. The Balaban J connectivity index is 1.27. The molecule has 2 unspecified atom stereocenters. The van der Waals surface area contributed by atoms with Gasteiger partial charge in [0.15, 0.2) is 0 Å². The van der Waals surface area contributed by atoms with Crippen LogP contribution in [0.2, 0.25) is 0 Å². The minimum atomic E-state index is -4.71. The number of aromatic nitrogens is 1. The van der Waals surface area contributed by atoms with Crippen LogP contribution in [0.1, 0.15) is 12.0 Å². The zero-order valence-electron chi connectivity index (χ0n) is 17.7. The van der Waals surface area contributed by atoms with E-state index in [-0.39, 0.29) is 18.0 Å². The fraction of sp³-hybridized carbons (Fsp3) is 0.304. The second-order valence-corrected chi connectivity index (χ2v) is 7.57. The van der Waals surface area contributed by atoms with Crippen molar-refractivity contribution in [2.45, 2.75) is 31.5 Å². The molecule has 2 N–H and O–H groups in total. The average molecular weight is 478 g/mol. The SMILES string of the molecule is O=C(O)Cn1ccc2cc(OCCCOc3cccc(C4=NC(C(F)(F)F)C(O)O4)c3)ccc21. The Morgan fingerprint density at radius 3 is 2.50 bits per heavy atom. The molecule has 11 heteroatoms. The number of aliphatic hydroxyl groups is 1. The summed E-state index contributed by atoms with van der Waals surface area (Å²) in [6.07, 6.45) is -4.54. The first-order valence-corrected chi connectivity index (χ1v) is 10.4. The largest absolute Gasteiger partial charge is 0.493 e. The first-order valence-electron chi connectivity index (χ1n) is 10.4. The molecule has 0 spiro atoms. The van der Waals surface area contributed by atoms with Crippen molar-refractivity contribution in [3.05, 3.63) is 60.3 Å². The molecule has 34 heavy (non-hydrogen) atoms. The number of hydrogen-bond donors (Lipinski definition) is 2. The molecule has 0 fully saturated rings. The van der Waals surface area contributed by atoms with E-state index in [1.54, 1.807) is 35.0 Å². The van der Waals surface area contributed by atoms with E-state index in [1.807, 2.05) is 12.1 Å². The maximum absolute atomic E-state index is 12.9. The van der Waals surface area contributed by atoms with Crippen LogP contribution >= 0.6 is 0 Å². The number of hydrogen-bond acceptors (Lipinski definition) is 6. The lowest BCUT2D eigenvalue weighted by atomic mass is 10.2. The third-order valence-electron chi connectivity index (χ3n) is 5.05. The van der Waals surface area contributed by atoms with Crippen LogP contribution in [0.25, 0.3) is 10.9 Å². The molecule has 0 saturated heterocycles. The number of aliphatic carboxylic acids is 1. The molecule has 180 valence electrons. The highest BCUT2D eigenvalue weighted by atomic mass is 19.4. The molecule has 1 aromatic heterocycles. The summed E-state index contributed by atoms with van der Waals surface area (Å²) in [5.41, 5.74) is 1.06. The van der Waals surface area contributed by atoms with Gasteiger partial charge in [-0.1, -0.05) is 6.07 Å². The van der Waals surface area contributed by atoms with Gasteiger partial charge < -0.3 is 29.0 Å². The Kier molecular flexibility index (Phi) is 6.64. The molecule has 3 aromatic rings. The summed E-state index contributed by atoms with van der Waals surface area (Å²) in [5.74, 6) is -0.168. The van der Waals surface area contributed by atoms with E-state index < -0.39 is 24.5 Å². The number of alkyl halides is 3. The van der Waals surface area contributed by atoms with Gasteiger partial charge in [-0.05, 0) is 42.5 Å². The Labute approximate surface area is 191 Å². The van der Waals surface area contributed by atoms with Gasteiger partial charge in [0, 0.05) is 29.1 Å². The van der Waals surface area contributed by atoms with Gasteiger partial charge in [-0.2, -0.15) is 13.2 Å². The van der Waals surface area contributed by atoms with Crippen LogP contribution in [0.5, 0.6) is 11.5 Å². The quantitative estimate of drug-likeness (QED) is 0.456. The maximum atomic E-state index is 12.9. The van der Waals surface area contributed by atoms with Gasteiger partial charge in [0.1, 0.15) is 18.0 Å². The van der Waals surface area contributed by atoms with Gasteiger partial charge in [0.2, 0.25) is 18.2 Å². The van der Waals surface area contributed by atoms with E-state index in [0.29, 0.717) is 31.1 Å². The Hall–Kier alpha value is -3.73. The van der Waals surface area contributed by atoms with E-state index in [4.69, 9.17) is 19.3 Å². The highest BCUT2D eigenvalue weighted by Gasteiger charge is 2.49. The normalized spacial score (nSPS) is 17.9. The van der Waals surface area contributed by atoms with Crippen LogP contribution < -0.4 is 9.47 Å². The van der Waals surface area contributed by atoms with Crippen molar-refractivity contribution in [3.8, 4) is 11.5 Å². The van der Waals surface area contributed by atoms with Crippen molar-refractivity contribution in [2.24, 2.45) is 4.99 Å². The molecule has 2 heterocycles. The van der Waals surface area contributed by atoms with E-state index in [2.05, 4.69) is 4.99 Å². The second-order valence-electron chi connectivity index (χ2n) is 7.57. The summed E-state index contributed by atoms with van der Waals surface area (Å²) in [5, 5.41) is 19.3. The topological polar surface area (TPSA) is 103 Å². The van der Waals surface area contributed by atoms with Gasteiger partial charge in [-0.25, -0.2) is 4.99 Å². The summed E-state index contributed by atoms with van der Waals surface area (Å²) in [6.45, 7) is 0.531. The molecule has 0 aliphatic carbocycles. The Morgan fingerprint density at radius 1 is 1.09 bits per heavy atom. The number of carbonyl (C=O) groups is 1. The number of aliphatic hydroxyl groups excluding tert-OH is 1. The molecule has 1 aliphatic rings. The highest BCUT2D eigenvalue weighted by Crippen LogP contribution is 2.31. The fourth-order valence-corrected chi connectivity index (χ4v) is 3.49. The van der Waals surface area contributed by atoms with Crippen LogP contribution in [0.3, 0.4) is 0 Å². The number of rotatable bonds is 9. The average Bonchev–Trinajstić information content (AvgIpc) is 3.36. The van der Waals surface area contributed by atoms with Gasteiger partial charge >= 0.3 is 12.1 Å². The molecule has 0 radical (unpaired) electrons. The number of aliphatic imine (C=N–C) groups is 1. The number of ether oxygens (including phenoxy) is 3. The predicted octanol–water partition coefficient (Wildman–Crippen LogP) is 3.60. The molecule has 1 aliphatic heterocycles. The second kappa shape index (κ2) is 9.64. The first-order chi connectivity index (χ1) is 16.2. The van der Waals surface area contributed by atoms with Crippen molar-refractivity contribution in [2.75, 3.05) is 13.2 Å². The van der Waals surface area contributed by atoms with Crippen molar-refractivity contribution in [1.29, 1.82) is 0 Å². The molecular weight excluding hydrogens is 457 g/mol. The van der Waals surface area contributed by atoms with Crippen LogP contribution in [-0.4, -0.2) is 58.4 Å². The lowest BCUT2D eigenvalue weighted by Crippen LogP contribution is -2.35. The molecule has 8 nitrogen and oxygen atoms in total. The minimum Gasteiger partial charge on any atom is -0.493 e. The maximum Gasteiger partial charge on any atom is 0.417 e. The molecular formula is C23H21F3N2O6. The fourth-order valence-electron chi connectivity index (χ4n) is 3.49. The predicted molar refractivity (Wildman–Crippen MR) is 115 cm³/mol. The van der Waals surface area contributed by atoms with Crippen LogP contribution in [0, 0.1) is 0 Å². The summed E-state index contributed by atoms with van der Waals surface area (Å²) in [7, 11) is 0. The highest BCUT2D eigenvalue weighted by molar-refractivity contribution is 5.95. The molecule has 0 amide bonds. The number of nitrogens with zero attached hydrogens (tertiary/aromatic N) is 2. The van der Waals surface area contributed by atoms with E-state index >= 15 is 0 Å². The summed E-state index contributed by atoms with van der Waals surface area (Å²) >= 11 is 0. The van der Waals surface area contributed by atoms with Crippen molar-refractivity contribution in [1.82, 2.24) is 4.57 Å². The van der Waals surface area contributed by atoms with Crippen molar-refractivity contribution < 1.29 is 42.4 Å². The van der Waals surface area contributed by atoms with Gasteiger partial charge in [0.25, 0.3) is 0 Å². The lowest BCUT2D eigenvalue weighted by molar-refractivity contribution is -0.190. The third-order valence-corrected chi connectivity index (χ3v) is 5.05. The summed E-state index contributed by atoms with van der Waals surface area (Å²) in [4.78, 5) is 14.4. The van der Waals surface area contributed by atoms with Gasteiger partial charge in [-0.15, -0.1) is 0 Å². The number of halogens is 3. The van der Waals surface area contributed by atoms with Crippen LogP contribution in [0.15, 0.2) is 59.7 Å². The zero-order valence-corrected chi connectivity index (χ0v) is 17.7. The van der Waals surface area contributed by atoms with E-state index in [0.717, 1.165) is 10.9 Å². The summed E-state index contributed by atoms with van der Waals surface area (Å²) < 4.78 is 56.4. The van der Waals surface area contributed by atoms with E-state index in [9.17, 15) is 23.1 Å². The standard InChI is InChI=1S/C23H21F3N2O6/c24-23(25,26)20-22(31)34-21(27-20)15-3-1-4-16(12-15)32-9-2-10-33-17-5-6-18-14(11-17)7-8-28(18)13-19(29)30/h1,3-8,11-12,20,22,31H,2,9-10,13H2,(H,29,30). The molecule has 4 rings (SSSR count). The zero-order chi connectivity index (χ0) is 24.3. The van der Waals surface area contributed by atoms with Crippen molar-refractivity contribution >= 4 is 22.8 Å². The molecule has 2 aromatic carbocycles. The molecule has 2 atom stereocenters. The van der Waals surface area contributed by atoms with E-state index in [1.165, 1.54) is 12.1 Å². The Morgan fingerprint density at radius 2 is 1.82 bits per heavy atom. The molecule has 0 saturated carbocycles. The minimum absolute atomic E-state index is 0.120. The summed E-state index contributed by atoms with van der Waals surface area (Å²) in [6, 6.07) is 11.1. The lowest BCUT2D eigenvalue weighted by Gasteiger charge is -2.14. The number of carboxylic acid groups (broad SMARTS) is 1. The monoisotopic (exact) mass is 478 g/mol. The van der Waals surface area contributed by atoms with Crippen LogP contribution in [-0.2, 0) is 16.1 Å². The van der Waals surface area contributed by atoms with Gasteiger partial charge in [-0.3, -0.25) is 4.79 Å². The van der Waals surface area contributed by atoms with Crippen molar-refractivity contribution in [3.63, 3.8) is 0 Å². The van der Waals surface area contributed by atoms with Gasteiger partial charge in [0.05, 0.1) is 13.2 Å². The van der Waals surface area contributed by atoms with Crippen LogP contribution in [0.4, 0.5) is 13.2 Å². The third kappa shape index (κ3) is 5.42. The smallest absolute Gasteiger partial charge is 0.417 e.